The summed E-state index contributed by atoms with van der Waals surface area (Å²) in [5.41, 5.74) is 2.83. The molecule has 0 aliphatic heterocycles. The molecule has 0 saturated carbocycles. The van der Waals surface area contributed by atoms with Crippen molar-refractivity contribution in [3.63, 3.8) is 0 Å². The van der Waals surface area contributed by atoms with Crippen molar-refractivity contribution in [2.24, 2.45) is 0 Å². The van der Waals surface area contributed by atoms with Crippen LogP contribution in [0.15, 0.2) is 54.6 Å². The minimum atomic E-state index is -0.261. The summed E-state index contributed by atoms with van der Waals surface area (Å²) in [4.78, 5) is 16.3. The summed E-state index contributed by atoms with van der Waals surface area (Å²) >= 11 is 1.43. The Bertz CT molecular complexity index is 1200. The van der Waals surface area contributed by atoms with E-state index in [1.165, 1.54) is 23.5 Å². The number of aryl methyl sites for hydroxylation is 1. The van der Waals surface area contributed by atoms with Crippen LogP contribution in [0.3, 0.4) is 0 Å². The van der Waals surface area contributed by atoms with Gasteiger partial charge < -0.3 is 9.64 Å². The first-order chi connectivity index (χ1) is 14.4. The zero-order valence-electron chi connectivity index (χ0n) is 17.1. The Hall–Kier alpha value is -3.19. The monoisotopic (exact) mass is 423 g/mol. The Labute approximate surface area is 178 Å². The Morgan fingerprint density at radius 3 is 2.67 bits per heavy atom. The molecule has 4 aromatic rings. The van der Waals surface area contributed by atoms with Gasteiger partial charge in [-0.25, -0.2) is 4.39 Å². The number of amides is 1. The molecule has 0 N–H and O–H groups in total. The van der Waals surface area contributed by atoms with Crippen LogP contribution in [-0.2, 0) is 13.1 Å². The fourth-order valence-corrected chi connectivity index (χ4v) is 4.55. The van der Waals surface area contributed by atoms with Crippen LogP contribution in [0, 0.1) is 12.7 Å². The van der Waals surface area contributed by atoms with Gasteiger partial charge in [-0.2, -0.15) is 5.10 Å². The molecule has 2 aromatic carbocycles. The van der Waals surface area contributed by atoms with Crippen LogP contribution < -0.4 is 4.74 Å². The molecule has 2 heterocycles. The van der Waals surface area contributed by atoms with Crippen LogP contribution in [0.1, 0.15) is 26.5 Å². The van der Waals surface area contributed by atoms with Gasteiger partial charge in [0.1, 0.15) is 16.4 Å². The summed E-state index contributed by atoms with van der Waals surface area (Å²) in [6, 6.07) is 16.0. The van der Waals surface area contributed by atoms with Crippen LogP contribution in [0.25, 0.3) is 10.2 Å². The lowest BCUT2D eigenvalue weighted by Gasteiger charge is -2.16. The number of hydrogen-bond donors (Lipinski definition) is 0. The second-order valence-corrected chi connectivity index (χ2v) is 8.24. The van der Waals surface area contributed by atoms with Gasteiger partial charge in [0.2, 0.25) is 0 Å². The largest absolute Gasteiger partial charge is 0.497 e. The fraction of sp³-hybridized carbons (Fsp3) is 0.217. The lowest BCUT2D eigenvalue weighted by atomic mass is 10.2. The topological polar surface area (TPSA) is 47.4 Å². The zero-order chi connectivity index (χ0) is 21.3. The molecular formula is C23H22FN3O2S. The fourth-order valence-electron chi connectivity index (χ4n) is 3.39. The summed E-state index contributed by atoms with van der Waals surface area (Å²) in [6.45, 7) is 2.95. The van der Waals surface area contributed by atoms with E-state index in [9.17, 15) is 9.18 Å². The second kappa shape index (κ2) is 8.28. The van der Waals surface area contributed by atoms with E-state index in [2.05, 4.69) is 5.10 Å². The third kappa shape index (κ3) is 4.07. The highest BCUT2D eigenvalue weighted by molar-refractivity contribution is 7.20. The second-order valence-electron chi connectivity index (χ2n) is 7.21. The van der Waals surface area contributed by atoms with Crippen molar-refractivity contribution in [3.8, 4) is 5.75 Å². The van der Waals surface area contributed by atoms with E-state index in [4.69, 9.17) is 4.74 Å². The first kappa shape index (κ1) is 20.1. The minimum Gasteiger partial charge on any atom is -0.497 e. The van der Waals surface area contributed by atoms with Gasteiger partial charge >= 0.3 is 0 Å². The Morgan fingerprint density at radius 1 is 1.17 bits per heavy atom. The molecule has 0 spiro atoms. The Balaban J connectivity index is 1.56. The molecule has 2 aromatic heterocycles. The standard InChI is InChI=1S/C23H22FN3O2S/c1-15-20-12-21(22(28)26(2)13-17-5-4-6-19(11-17)29-3)30-23(20)27(25-15)14-16-7-9-18(24)10-8-16/h4-12H,13-14H2,1-3H3. The molecule has 0 atom stereocenters. The predicted octanol–water partition coefficient (Wildman–Crippen LogP) is 4.87. The Kier molecular flexibility index (Phi) is 5.55. The van der Waals surface area contributed by atoms with Gasteiger partial charge in [-0.1, -0.05) is 24.3 Å². The van der Waals surface area contributed by atoms with E-state index in [1.54, 1.807) is 31.2 Å². The van der Waals surface area contributed by atoms with E-state index in [1.807, 2.05) is 41.9 Å². The van der Waals surface area contributed by atoms with E-state index in [0.717, 1.165) is 32.8 Å². The molecule has 30 heavy (non-hydrogen) atoms. The predicted molar refractivity (Wildman–Crippen MR) is 117 cm³/mol. The van der Waals surface area contributed by atoms with Gasteiger partial charge in [-0.3, -0.25) is 9.48 Å². The van der Waals surface area contributed by atoms with Gasteiger partial charge in [0, 0.05) is 19.0 Å². The summed E-state index contributed by atoms with van der Waals surface area (Å²) < 4.78 is 20.3. The Morgan fingerprint density at radius 2 is 1.93 bits per heavy atom. The van der Waals surface area contributed by atoms with Crippen molar-refractivity contribution < 1.29 is 13.9 Å². The molecule has 0 unspecified atom stereocenters. The lowest BCUT2D eigenvalue weighted by Crippen LogP contribution is -2.25. The highest BCUT2D eigenvalue weighted by Gasteiger charge is 2.19. The molecule has 1 amide bonds. The van der Waals surface area contributed by atoms with Crippen LogP contribution in [0.5, 0.6) is 5.75 Å². The summed E-state index contributed by atoms with van der Waals surface area (Å²) in [5, 5.41) is 5.57. The molecule has 154 valence electrons. The first-order valence-corrected chi connectivity index (χ1v) is 10.4. The number of carbonyl (C=O) groups is 1. The zero-order valence-corrected chi connectivity index (χ0v) is 17.9. The number of aromatic nitrogens is 2. The maximum atomic E-state index is 13.2. The molecule has 0 radical (unpaired) electrons. The van der Waals surface area contributed by atoms with E-state index < -0.39 is 0 Å². The van der Waals surface area contributed by atoms with Crippen LogP contribution >= 0.6 is 11.3 Å². The van der Waals surface area contributed by atoms with Crippen molar-refractivity contribution in [2.75, 3.05) is 14.2 Å². The number of methoxy groups -OCH3 is 1. The molecule has 0 saturated heterocycles. The number of rotatable bonds is 6. The van der Waals surface area contributed by atoms with Crippen molar-refractivity contribution in [1.29, 1.82) is 0 Å². The van der Waals surface area contributed by atoms with Crippen LogP contribution in [-0.4, -0.2) is 34.7 Å². The SMILES string of the molecule is COc1cccc(CN(C)C(=O)c2cc3c(C)nn(Cc4ccc(F)cc4)c3s2)c1. The first-order valence-electron chi connectivity index (χ1n) is 9.54. The van der Waals surface area contributed by atoms with Gasteiger partial charge in [-0.15, -0.1) is 11.3 Å². The highest BCUT2D eigenvalue weighted by atomic mass is 32.1. The molecule has 0 aliphatic rings. The smallest absolute Gasteiger partial charge is 0.264 e. The average molecular weight is 424 g/mol. The maximum absolute atomic E-state index is 13.2. The molecule has 5 nitrogen and oxygen atoms in total. The number of thiophene rings is 1. The number of carbonyl (C=O) groups excluding carboxylic acids is 1. The number of halogens is 1. The number of hydrogen-bond acceptors (Lipinski definition) is 4. The molecular weight excluding hydrogens is 401 g/mol. The number of fused-ring (bicyclic) bond motifs is 1. The molecule has 0 fully saturated rings. The van der Waals surface area contributed by atoms with Gasteiger partial charge in [-0.05, 0) is 48.4 Å². The van der Waals surface area contributed by atoms with Crippen molar-refractivity contribution >= 4 is 27.5 Å². The number of benzene rings is 2. The lowest BCUT2D eigenvalue weighted by molar-refractivity contribution is 0.0790. The maximum Gasteiger partial charge on any atom is 0.264 e. The molecule has 0 bridgehead atoms. The third-order valence-corrected chi connectivity index (χ3v) is 6.10. The van der Waals surface area contributed by atoms with Gasteiger partial charge in [0.25, 0.3) is 5.91 Å². The molecule has 4 rings (SSSR count). The molecule has 0 aliphatic carbocycles. The van der Waals surface area contributed by atoms with Crippen LogP contribution in [0.4, 0.5) is 4.39 Å². The summed E-state index contributed by atoms with van der Waals surface area (Å²) in [7, 11) is 3.42. The highest BCUT2D eigenvalue weighted by Crippen LogP contribution is 2.30. The molecule has 7 heteroatoms. The van der Waals surface area contributed by atoms with Gasteiger partial charge in [0.15, 0.2) is 0 Å². The normalized spacial score (nSPS) is 11.1. The van der Waals surface area contributed by atoms with E-state index in [0.29, 0.717) is 18.0 Å². The van der Waals surface area contributed by atoms with Crippen molar-refractivity contribution in [2.45, 2.75) is 20.0 Å². The third-order valence-electron chi connectivity index (χ3n) is 4.96. The number of nitrogens with zero attached hydrogens (tertiary/aromatic N) is 3. The van der Waals surface area contributed by atoms with Gasteiger partial charge in [0.05, 0.1) is 24.2 Å². The summed E-state index contributed by atoms with van der Waals surface area (Å²) in [6.07, 6.45) is 0. The number of ether oxygens (including phenoxy) is 1. The van der Waals surface area contributed by atoms with Crippen LogP contribution in [0.2, 0.25) is 0 Å². The quantitative estimate of drug-likeness (QED) is 0.444. The van der Waals surface area contributed by atoms with E-state index >= 15 is 0 Å². The van der Waals surface area contributed by atoms with Crippen molar-refractivity contribution in [3.05, 3.63) is 82.1 Å². The summed E-state index contributed by atoms with van der Waals surface area (Å²) in [5.74, 6) is 0.474. The van der Waals surface area contributed by atoms with Crippen molar-refractivity contribution in [1.82, 2.24) is 14.7 Å². The minimum absolute atomic E-state index is 0.0354. The average Bonchev–Trinajstić information content (AvgIpc) is 3.30. The van der Waals surface area contributed by atoms with E-state index in [-0.39, 0.29) is 11.7 Å².